The van der Waals surface area contributed by atoms with E-state index in [1.165, 1.54) is 13.8 Å². The molecule has 1 fully saturated rings. The average molecular weight is 309 g/mol. The fraction of sp³-hybridized carbons (Fsp3) is 0.455. The Kier molecular flexibility index (Phi) is 3.56. The number of benzene rings is 1. The Labute approximate surface area is 116 Å². The molecule has 1 saturated heterocycles. The molecular formula is C11H10F3NO6. The lowest BCUT2D eigenvalue weighted by atomic mass is 10.3. The molecular weight excluding hydrogens is 299 g/mol. The summed E-state index contributed by atoms with van der Waals surface area (Å²) in [5.41, 5.74) is -0.298. The smallest absolute Gasteiger partial charge is 0.431 e. The third-order valence-corrected chi connectivity index (χ3v) is 2.38. The van der Waals surface area contributed by atoms with Gasteiger partial charge in [0.05, 0.1) is 4.92 Å². The first-order valence-electron chi connectivity index (χ1n) is 5.62. The number of hydrogen-bond donors (Lipinski definition) is 0. The number of nitro groups is 1. The van der Waals surface area contributed by atoms with Gasteiger partial charge in [-0.25, -0.2) is 0 Å². The number of ether oxygens (including phenoxy) is 2. The first kappa shape index (κ1) is 15.5. The molecule has 21 heavy (non-hydrogen) atoms. The summed E-state index contributed by atoms with van der Waals surface area (Å²) in [5, 5.41) is 10.5. The van der Waals surface area contributed by atoms with Crippen LogP contribution < -0.4 is 4.74 Å². The molecule has 1 aromatic rings. The molecule has 0 aliphatic carbocycles. The zero-order valence-electron chi connectivity index (χ0n) is 10.8. The number of rotatable bonds is 3. The summed E-state index contributed by atoms with van der Waals surface area (Å²) in [6.45, 7) is 2.42. The predicted octanol–water partition coefficient (Wildman–Crippen LogP) is 2.90. The van der Waals surface area contributed by atoms with E-state index in [2.05, 4.69) is 19.2 Å². The molecule has 1 aromatic carbocycles. The van der Waals surface area contributed by atoms with Gasteiger partial charge in [-0.2, -0.15) is 18.1 Å². The molecule has 1 atom stereocenters. The Balaban J connectivity index is 2.27. The molecule has 0 saturated carbocycles. The summed E-state index contributed by atoms with van der Waals surface area (Å²) in [7, 11) is 0. The lowest BCUT2D eigenvalue weighted by molar-refractivity contribution is -0.474. The Hall–Kier alpha value is -1.91. The number of non-ortho nitro benzene ring substituents is 1. The van der Waals surface area contributed by atoms with Crippen molar-refractivity contribution in [1.29, 1.82) is 0 Å². The average Bonchev–Trinajstić information content (AvgIpc) is 2.66. The minimum absolute atomic E-state index is 0.298. The molecule has 7 nitrogen and oxygen atoms in total. The van der Waals surface area contributed by atoms with Crippen molar-refractivity contribution in [3.05, 3.63) is 34.4 Å². The van der Waals surface area contributed by atoms with Gasteiger partial charge < -0.3 is 4.74 Å². The van der Waals surface area contributed by atoms with Crippen LogP contribution in [0, 0.1) is 10.1 Å². The first-order chi connectivity index (χ1) is 9.55. The maximum Gasteiger partial charge on any atom is 0.489 e. The molecule has 2 rings (SSSR count). The van der Waals surface area contributed by atoms with Gasteiger partial charge in [0, 0.05) is 12.1 Å². The van der Waals surface area contributed by atoms with Crippen molar-refractivity contribution in [3.63, 3.8) is 0 Å². The van der Waals surface area contributed by atoms with Crippen LogP contribution in [0.1, 0.15) is 13.8 Å². The minimum Gasteiger partial charge on any atom is -0.431 e. The highest BCUT2D eigenvalue weighted by atomic mass is 19.4. The van der Waals surface area contributed by atoms with Gasteiger partial charge >= 0.3 is 12.1 Å². The topological polar surface area (TPSA) is 80.1 Å². The Morgan fingerprint density at radius 1 is 1.19 bits per heavy atom. The fourth-order valence-corrected chi connectivity index (χ4v) is 1.50. The number of halogens is 3. The van der Waals surface area contributed by atoms with Gasteiger partial charge in [-0.1, -0.05) is 0 Å². The van der Waals surface area contributed by atoms with Gasteiger partial charge in [-0.05, 0) is 26.0 Å². The molecule has 10 heteroatoms. The van der Waals surface area contributed by atoms with E-state index in [-0.39, 0.29) is 11.4 Å². The van der Waals surface area contributed by atoms with Gasteiger partial charge in [-0.15, -0.1) is 4.89 Å². The standard InChI is InChI=1S/C11H10F3NO6/c1-9(2)19-11(21-20-9,10(12,13)14)18-8-5-3-7(4-6-8)15(16)17/h3-6H,1-2H3. The van der Waals surface area contributed by atoms with Crippen LogP contribution in [0.5, 0.6) is 5.75 Å². The van der Waals surface area contributed by atoms with Crippen LogP contribution >= 0.6 is 0 Å². The Bertz CT molecular complexity index is 544. The third-order valence-electron chi connectivity index (χ3n) is 2.38. The highest BCUT2D eigenvalue weighted by Gasteiger charge is 2.69. The summed E-state index contributed by atoms with van der Waals surface area (Å²) >= 11 is 0. The largest absolute Gasteiger partial charge is 0.489 e. The zero-order valence-corrected chi connectivity index (χ0v) is 10.8. The maximum absolute atomic E-state index is 13.1. The van der Waals surface area contributed by atoms with Crippen LogP contribution in [0.15, 0.2) is 24.3 Å². The number of nitrogens with zero attached hydrogens (tertiary/aromatic N) is 1. The molecule has 1 heterocycles. The SMILES string of the molecule is CC1(C)OOC(Oc2ccc([N+](=O)[O-])cc2)(C(F)(F)F)O1. The van der Waals surface area contributed by atoms with Crippen LogP contribution in [-0.4, -0.2) is 22.9 Å². The predicted molar refractivity (Wildman–Crippen MR) is 59.8 cm³/mol. The van der Waals surface area contributed by atoms with Gasteiger partial charge in [0.25, 0.3) is 5.69 Å². The summed E-state index contributed by atoms with van der Waals surface area (Å²) in [6.07, 6.45) is -5.05. The van der Waals surface area contributed by atoms with E-state index in [0.29, 0.717) is 0 Å². The van der Waals surface area contributed by atoms with Crippen molar-refractivity contribution in [3.8, 4) is 5.75 Å². The van der Waals surface area contributed by atoms with Crippen molar-refractivity contribution in [2.75, 3.05) is 0 Å². The van der Waals surface area contributed by atoms with Crippen LogP contribution in [0.4, 0.5) is 18.9 Å². The van der Waals surface area contributed by atoms with Crippen molar-refractivity contribution in [2.45, 2.75) is 31.8 Å². The van der Waals surface area contributed by atoms with E-state index < -0.39 is 22.9 Å². The number of nitro benzene ring substituents is 1. The number of alkyl halides is 3. The lowest BCUT2D eigenvalue weighted by Crippen LogP contribution is -2.52. The molecule has 1 unspecified atom stereocenters. The molecule has 0 aromatic heterocycles. The molecule has 1 aliphatic heterocycles. The summed E-state index contributed by atoms with van der Waals surface area (Å²) in [5.74, 6) is -5.44. The molecule has 0 amide bonds. The van der Waals surface area contributed by atoms with Crippen molar-refractivity contribution >= 4 is 5.69 Å². The van der Waals surface area contributed by atoms with Crippen LogP contribution in [0.2, 0.25) is 0 Å². The fourth-order valence-electron chi connectivity index (χ4n) is 1.50. The normalized spacial score (nSPS) is 24.8. The first-order valence-corrected chi connectivity index (χ1v) is 5.62. The van der Waals surface area contributed by atoms with E-state index in [0.717, 1.165) is 24.3 Å². The van der Waals surface area contributed by atoms with Crippen molar-refractivity contribution in [2.24, 2.45) is 0 Å². The van der Waals surface area contributed by atoms with E-state index in [9.17, 15) is 23.3 Å². The Morgan fingerprint density at radius 2 is 1.76 bits per heavy atom. The van der Waals surface area contributed by atoms with Crippen molar-refractivity contribution < 1.29 is 37.3 Å². The minimum atomic E-state index is -5.05. The van der Waals surface area contributed by atoms with Gasteiger partial charge in [-0.3, -0.25) is 14.9 Å². The molecule has 116 valence electrons. The molecule has 1 aliphatic rings. The van der Waals surface area contributed by atoms with Crippen LogP contribution in [0.25, 0.3) is 0 Å². The Morgan fingerprint density at radius 3 is 2.14 bits per heavy atom. The van der Waals surface area contributed by atoms with Gasteiger partial charge in [0.2, 0.25) is 5.79 Å². The van der Waals surface area contributed by atoms with E-state index in [4.69, 9.17) is 0 Å². The van der Waals surface area contributed by atoms with E-state index in [1.54, 1.807) is 0 Å². The monoisotopic (exact) mass is 309 g/mol. The molecule has 0 spiro atoms. The maximum atomic E-state index is 13.1. The van der Waals surface area contributed by atoms with Gasteiger partial charge in [0.1, 0.15) is 5.75 Å². The molecule has 0 bridgehead atoms. The molecule has 0 radical (unpaired) electrons. The van der Waals surface area contributed by atoms with Crippen LogP contribution in [-0.2, 0) is 14.5 Å². The zero-order chi connectivity index (χ0) is 15.9. The second-order valence-electron chi connectivity index (χ2n) is 4.58. The summed E-state index contributed by atoms with van der Waals surface area (Å²) in [6, 6.07) is 3.95. The molecule has 0 N–H and O–H groups in total. The second-order valence-corrected chi connectivity index (χ2v) is 4.58. The highest BCUT2D eigenvalue weighted by molar-refractivity contribution is 5.36. The van der Waals surface area contributed by atoms with Crippen LogP contribution in [0.3, 0.4) is 0 Å². The quantitative estimate of drug-likeness (QED) is 0.485. The lowest BCUT2D eigenvalue weighted by Gasteiger charge is -2.28. The summed E-state index contributed by atoms with van der Waals surface area (Å²) < 4.78 is 48.6. The summed E-state index contributed by atoms with van der Waals surface area (Å²) in [4.78, 5) is 18.4. The third kappa shape index (κ3) is 3.06. The van der Waals surface area contributed by atoms with E-state index >= 15 is 0 Å². The highest BCUT2D eigenvalue weighted by Crippen LogP contribution is 2.44. The second kappa shape index (κ2) is 4.83. The van der Waals surface area contributed by atoms with E-state index in [1.807, 2.05) is 0 Å². The number of hydrogen-bond acceptors (Lipinski definition) is 6. The van der Waals surface area contributed by atoms with Gasteiger partial charge in [0.15, 0.2) is 0 Å². The van der Waals surface area contributed by atoms with Crippen molar-refractivity contribution in [1.82, 2.24) is 0 Å².